The summed E-state index contributed by atoms with van der Waals surface area (Å²) in [5, 5.41) is 4.56. The molecule has 0 radical (unpaired) electrons. The van der Waals surface area contributed by atoms with Gasteiger partial charge < -0.3 is 19.4 Å². The number of allylic oxidation sites excluding steroid dienone is 7. The molecule has 204 valence electrons. The normalized spacial score (nSPS) is 13.5. The smallest absolute Gasteiger partial charge is 0.147 e. The number of nitrogens with zero attached hydrogens (tertiary/aromatic N) is 4. The highest BCUT2D eigenvalue weighted by Gasteiger charge is 2.12. The molecule has 3 aromatic rings. The van der Waals surface area contributed by atoms with E-state index in [1.807, 2.05) is 56.5 Å². The molecular weight excluding hydrogens is 533 g/mol. The Morgan fingerprint density at radius 3 is 2.41 bits per heavy atom. The Balaban J connectivity index is 1.87. The minimum Gasteiger partial charge on any atom is -0.501 e. The van der Waals surface area contributed by atoms with Crippen LogP contribution in [-0.4, -0.2) is 26.6 Å². The van der Waals surface area contributed by atoms with Gasteiger partial charge in [-0.3, -0.25) is 0 Å². The summed E-state index contributed by atoms with van der Waals surface area (Å²) in [6.45, 7) is 8.38. The van der Waals surface area contributed by atoms with Crippen LogP contribution in [0.3, 0.4) is 0 Å². The molecule has 1 N–H and O–H groups in total. The molecule has 0 saturated heterocycles. The van der Waals surface area contributed by atoms with Crippen LogP contribution in [0.4, 0.5) is 5.82 Å². The van der Waals surface area contributed by atoms with Crippen LogP contribution in [0, 0.1) is 0 Å². The standard InChI is InChI=1S/C30H33Cl2N5O2/c1-21(31)11-12-26(15-22(2)32)36-30-27(16-23(3)38-5)28(34-20-35-30)17-24(4)39-19-29-33-13-14-37(29)18-25-9-7-6-8-10-25/h6-17,20H,18-19H2,1-5H3,(H,34,35,36)/b21-11+,22-15+,23-16+,24-17+,26-12+. The Bertz CT molecular complexity index is 1400. The van der Waals surface area contributed by atoms with Crippen LogP contribution < -0.4 is 5.32 Å². The molecule has 0 aliphatic rings. The number of anilines is 1. The first kappa shape index (κ1) is 29.7. The maximum absolute atomic E-state index is 6.16. The van der Waals surface area contributed by atoms with E-state index in [4.69, 9.17) is 32.7 Å². The van der Waals surface area contributed by atoms with E-state index in [2.05, 4.69) is 37.0 Å². The largest absolute Gasteiger partial charge is 0.501 e. The molecular formula is C30H33Cl2N5O2. The number of nitrogens with one attached hydrogen (secondary N) is 1. The van der Waals surface area contributed by atoms with Crippen LogP contribution in [0.5, 0.6) is 0 Å². The maximum atomic E-state index is 6.16. The topological polar surface area (TPSA) is 74.1 Å². The van der Waals surface area contributed by atoms with E-state index in [9.17, 15) is 0 Å². The van der Waals surface area contributed by atoms with E-state index in [-0.39, 0.29) is 0 Å². The number of hydrogen-bond acceptors (Lipinski definition) is 6. The predicted octanol–water partition coefficient (Wildman–Crippen LogP) is 7.89. The third-order valence-electron chi connectivity index (χ3n) is 5.46. The van der Waals surface area contributed by atoms with Gasteiger partial charge in [-0.1, -0.05) is 53.5 Å². The number of methoxy groups -OCH3 is 1. The molecule has 2 heterocycles. The van der Waals surface area contributed by atoms with E-state index < -0.39 is 0 Å². The maximum Gasteiger partial charge on any atom is 0.147 e. The van der Waals surface area contributed by atoms with Gasteiger partial charge in [0.1, 0.15) is 24.6 Å². The Morgan fingerprint density at radius 1 is 0.949 bits per heavy atom. The molecule has 0 aliphatic heterocycles. The Hall–Kier alpha value is -3.81. The molecule has 0 saturated carbocycles. The molecule has 3 rings (SSSR count). The van der Waals surface area contributed by atoms with Crippen molar-refractivity contribution in [2.75, 3.05) is 12.4 Å². The Kier molecular flexibility index (Phi) is 11.4. The summed E-state index contributed by atoms with van der Waals surface area (Å²) in [7, 11) is 1.61. The average Bonchev–Trinajstić information content (AvgIpc) is 3.34. The number of rotatable bonds is 12. The molecule has 0 fully saturated rings. The van der Waals surface area contributed by atoms with Gasteiger partial charge in [0.15, 0.2) is 0 Å². The van der Waals surface area contributed by atoms with Gasteiger partial charge >= 0.3 is 0 Å². The van der Waals surface area contributed by atoms with Crippen molar-refractivity contribution in [3.63, 3.8) is 0 Å². The second-order valence-corrected chi connectivity index (χ2v) is 9.90. The molecule has 1 aromatic carbocycles. The van der Waals surface area contributed by atoms with E-state index in [0.29, 0.717) is 45.4 Å². The van der Waals surface area contributed by atoms with Crippen molar-refractivity contribution in [3.8, 4) is 0 Å². The van der Waals surface area contributed by atoms with Gasteiger partial charge in [-0.2, -0.15) is 0 Å². The van der Waals surface area contributed by atoms with Gasteiger partial charge in [-0.15, -0.1) is 0 Å². The number of halogens is 2. The fourth-order valence-electron chi connectivity index (χ4n) is 3.53. The summed E-state index contributed by atoms with van der Waals surface area (Å²) < 4.78 is 13.6. The number of imidazole rings is 1. The summed E-state index contributed by atoms with van der Waals surface area (Å²) in [5.41, 5.74) is 3.28. The second-order valence-electron chi connectivity index (χ2n) is 8.71. The minimum absolute atomic E-state index is 0.317. The molecule has 2 aromatic heterocycles. The zero-order chi connectivity index (χ0) is 28.2. The first-order valence-electron chi connectivity index (χ1n) is 12.3. The zero-order valence-corrected chi connectivity index (χ0v) is 24.3. The quantitative estimate of drug-likeness (QED) is 0.178. The number of benzene rings is 1. The van der Waals surface area contributed by atoms with Crippen molar-refractivity contribution in [2.24, 2.45) is 0 Å². The number of ether oxygens (including phenoxy) is 2. The molecule has 0 bridgehead atoms. The van der Waals surface area contributed by atoms with Gasteiger partial charge in [0.25, 0.3) is 0 Å². The van der Waals surface area contributed by atoms with Gasteiger partial charge in [0.2, 0.25) is 0 Å². The molecule has 0 amide bonds. The monoisotopic (exact) mass is 565 g/mol. The third-order valence-corrected chi connectivity index (χ3v) is 5.70. The summed E-state index contributed by atoms with van der Waals surface area (Å²) in [6, 6.07) is 10.2. The lowest BCUT2D eigenvalue weighted by molar-refractivity contribution is 0.193. The lowest BCUT2D eigenvalue weighted by atomic mass is 10.1. The molecule has 0 spiro atoms. The van der Waals surface area contributed by atoms with Crippen molar-refractivity contribution >= 4 is 41.2 Å². The van der Waals surface area contributed by atoms with Gasteiger partial charge in [-0.25, -0.2) is 15.0 Å². The minimum atomic E-state index is 0.317. The first-order valence-corrected chi connectivity index (χ1v) is 13.1. The van der Waals surface area contributed by atoms with Crippen LogP contribution in [-0.2, 0) is 22.6 Å². The van der Waals surface area contributed by atoms with Crippen molar-refractivity contribution in [3.05, 3.63) is 117 Å². The van der Waals surface area contributed by atoms with E-state index in [0.717, 1.165) is 17.9 Å². The van der Waals surface area contributed by atoms with Gasteiger partial charge in [-0.05, 0) is 57.6 Å². The van der Waals surface area contributed by atoms with Crippen molar-refractivity contribution < 1.29 is 9.47 Å². The lowest BCUT2D eigenvalue weighted by Gasteiger charge is -2.13. The van der Waals surface area contributed by atoms with Crippen LogP contribution in [0.1, 0.15) is 50.3 Å². The number of aromatic nitrogens is 4. The Labute approximate surface area is 240 Å². The van der Waals surface area contributed by atoms with Gasteiger partial charge in [0, 0.05) is 46.3 Å². The highest BCUT2D eigenvalue weighted by molar-refractivity contribution is 6.29. The van der Waals surface area contributed by atoms with Crippen LogP contribution >= 0.6 is 23.2 Å². The summed E-state index contributed by atoms with van der Waals surface area (Å²) in [5.74, 6) is 2.76. The summed E-state index contributed by atoms with van der Waals surface area (Å²) in [4.78, 5) is 13.5. The van der Waals surface area contributed by atoms with E-state index in [1.54, 1.807) is 39.3 Å². The summed E-state index contributed by atoms with van der Waals surface area (Å²) >= 11 is 12.2. The molecule has 39 heavy (non-hydrogen) atoms. The van der Waals surface area contributed by atoms with Crippen LogP contribution in [0.15, 0.2) is 94.6 Å². The average molecular weight is 567 g/mol. The summed E-state index contributed by atoms with van der Waals surface area (Å²) in [6.07, 6.45) is 14.3. The van der Waals surface area contributed by atoms with Crippen LogP contribution in [0.2, 0.25) is 0 Å². The fraction of sp³-hybridized carbons (Fsp3) is 0.233. The molecule has 0 unspecified atom stereocenters. The van der Waals surface area contributed by atoms with Crippen molar-refractivity contribution in [1.29, 1.82) is 0 Å². The van der Waals surface area contributed by atoms with E-state index >= 15 is 0 Å². The lowest BCUT2D eigenvalue weighted by Crippen LogP contribution is -2.06. The van der Waals surface area contributed by atoms with Gasteiger partial charge in [0.05, 0.1) is 24.3 Å². The highest BCUT2D eigenvalue weighted by atomic mass is 35.5. The van der Waals surface area contributed by atoms with Crippen molar-refractivity contribution in [1.82, 2.24) is 19.5 Å². The highest BCUT2D eigenvalue weighted by Crippen LogP contribution is 2.24. The van der Waals surface area contributed by atoms with E-state index in [1.165, 1.54) is 11.9 Å². The first-order chi connectivity index (χ1) is 18.7. The predicted molar refractivity (Wildman–Crippen MR) is 160 cm³/mol. The molecule has 9 heteroatoms. The zero-order valence-electron chi connectivity index (χ0n) is 22.8. The molecule has 7 nitrogen and oxygen atoms in total. The molecule has 0 atom stereocenters. The fourth-order valence-corrected chi connectivity index (χ4v) is 3.71. The SMILES string of the molecule is CO/C(C)=C/c1c(/C=C(\C)OCc2nccn2Cc2ccccc2)ncnc1NC(/C=C(\C)Cl)=C/C=C(\C)Cl. The number of hydrogen-bond donors (Lipinski definition) is 1. The molecule has 0 aliphatic carbocycles. The third kappa shape index (κ3) is 9.78. The Morgan fingerprint density at radius 2 is 1.72 bits per heavy atom. The second kappa shape index (κ2) is 15.0. The van der Waals surface area contributed by atoms with Crippen molar-refractivity contribution in [2.45, 2.75) is 40.8 Å². The van der Waals surface area contributed by atoms with Crippen LogP contribution in [0.25, 0.3) is 12.2 Å².